The van der Waals surface area contributed by atoms with Crippen molar-refractivity contribution in [2.45, 2.75) is 18.7 Å². The van der Waals surface area contributed by atoms with Gasteiger partial charge in [-0.15, -0.1) is 0 Å². The Bertz CT molecular complexity index is 1060. The zero-order chi connectivity index (χ0) is 21.8. The van der Waals surface area contributed by atoms with Crippen molar-refractivity contribution in [3.05, 3.63) is 83.4 Å². The van der Waals surface area contributed by atoms with Crippen LogP contribution < -0.4 is 10.5 Å². The van der Waals surface area contributed by atoms with Crippen LogP contribution in [-0.4, -0.2) is 41.3 Å². The van der Waals surface area contributed by atoms with Gasteiger partial charge in [0.25, 0.3) is 5.91 Å². The number of nitrogens with zero attached hydrogens (tertiary/aromatic N) is 2. The van der Waals surface area contributed by atoms with Crippen LogP contribution in [0.3, 0.4) is 0 Å². The van der Waals surface area contributed by atoms with Gasteiger partial charge in [0.2, 0.25) is 0 Å². The van der Waals surface area contributed by atoms with Gasteiger partial charge in [0.15, 0.2) is 0 Å². The van der Waals surface area contributed by atoms with E-state index in [1.54, 1.807) is 11.9 Å². The Kier molecular flexibility index (Phi) is 6.49. The summed E-state index contributed by atoms with van der Waals surface area (Å²) in [6, 6.07) is 21.4. The Balaban J connectivity index is 1.43. The van der Waals surface area contributed by atoms with Gasteiger partial charge in [0.1, 0.15) is 11.5 Å². The number of ether oxygens (including phenoxy) is 1. The van der Waals surface area contributed by atoms with Crippen LogP contribution >= 0.6 is 11.9 Å². The Hall–Kier alpha value is -2.96. The first kappa shape index (κ1) is 21.3. The number of carbonyl (C=O) groups excluding carboxylic acids is 1. The smallest absolute Gasteiger partial charge is 0.253 e. The Labute approximate surface area is 187 Å². The molecule has 31 heavy (non-hydrogen) atoms. The molecule has 3 aromatic rings. The second-order valence-corrected chi connectivity index (χ2v) is 8.89. The third kappa shape index (κ3) is 5.21. The van der Waals surface area contributed by atoms with Gasteiger partial charge in [-0.25, -0.2) is 4.31 Å². The first-order valence-electron chi connectivity index (χ1n) is 10.4. The molecular weight excluding hydrogens is 406 g/mol. The maximum absolute atomic E-state index is 12.7. The predicted molar refractivity (Wildman–Crippen MR) is 127 cm³/mol. The van der Waals surface area contributed by atoms with Crippen molar-refractivity contribution in [2.24, 2.45) is 0 Å². The number of hydrogen-bond acceptors (Lipinski definition) is 5. The fourth-order valence-corrected chi connectivity index (χ4v) is 4.51. The van der Waals surface area contributed by atoms with E-state index in [-0.39, 0.29) is 5.91 Å². The molecule has 0 atom stereocenters. The lowest BCUT2D eigenvalue weighted by Crippen LogP contribution is -2.46. The van der Waals surface area contributed by atoms with Crippen molar-refractivity contribution in [2.75, 3.05) is 31.9 Å². The zero-order valence-electron chi connectivity index (χ0n) is 17.9. The van der Waals surface area contributed by atoms with Crippen molar-refractivity contribution < 1.29 is 9.53 Å². The summed E-state index contributed by atoms with van der Waals surface area (Å²) in [5.74, 6) is 1.73. The van der Waals surface area contributed by atoms with Gasteiger partial charge < -0.3 is 15.4 Å². The molecule has 3 aromatic carbocycles. The fraction of sp³-hybridized carbons (Fsp3) is 0.240. The summed E-state index contributed by atoms with van der Waals surface area (Å²) in [4.78, 5) is 15.6. The maximum Gasteiger partial charge on any atom is 0.253 e. The number of benzene rings is 3. The minimum absolute atomic E-state index is 0.0909. The van der Waals surface area contributed by atoms with Gasteiger partial charge in [0.05, 0.1) is 4.90 Å². The molecule has 0 aliphatic carbocycles. The van der Waals surface area contributed by atoms with Gasteiger partial charge in [-0.05, 0) is 73.3 Å². The molecule has 1 aliphatic heterocycles. The normalized spacial score (nSPS) is 14.5. The highest BCUT2D eigenvalue weighted by Gasteiger charge is 2.23. The van der Waals surface area contributed by atoms with Gasteiger partial charge in [-0.1, -0.05) is 30.3 Å². The minimum Gasteiger partial charge on any atom is -0.456 e. The Morgan fingerprint density at radius 2 is 1.65 bits per heavy atom. The third-order valence-electron chi connectivity index (χ3n) is 5.31. The van der Waals surface area contributed by atoms with E-state index in [9.17, 15) is 4.79 Å². The number of nitrogens with two attached hydrogens (primary N) is 1. The second-order valence-electron chi connectivity index (χ2n) is 7.76. The lowest BCUT2D eigenvalue weighted by Gasteiger charge is -2.34. The van der Waals surface area contributed by atoms with Gasteiger partial charge in [-0.2, -0.15) is 0 Å². The number of rotatable bonds is 5. The van der Waals surface area contributed by atoms with Crippen LogP contribution in [0.5, 0.6) is 11.5 Å². The molecule has 1 amide bonds. The average Bonchev–Trinajstić information content (AvgIpc) is 2.78. The van der Waals surface area contributed by atoms with E-state index in [1.165, 1.54) is 0 Å². The van der Waals surface area contributed by atoms with Crippen LogP contribution in [0.4, 0.5) is 5.69 Å². The van der Waals surface area contributed by atoms with E-state index >= 15 is 0 Å². The predicted octanol–water partition coefficient (Wildman–Crippen LogP) is 5.14. The second kappa shape index (κ2) is 9.45. The summed E-state index contributed by atoms with van der Waals surface area (Å²) in [5, 5.41) is 0. The van der Waals surface area contributed by atoms with Crippen molar-refractivity contribution in [1.82, 2.24) is 9.21 Å². The van der Waals surface area contributed by atoms with Gasteiger partial charge >= 0.3 is 0 Å². The third-order valence-corrected chi connectivity index (χ3v) is 6.44. The summed E-state index contributed by atoms with van der Waals surface area (Å²) >= 11 is 1.63. The number of piperazine rings is 1. The molecule has 0 spiro atoms. The lowest BCUT2D eigenvalue weighted by atomic mass is 10.1. The van der Waals surface area contributed by atoms with Crippen LogP contribution in [-0.2, 0) is 0 Å². The number of aryl methyl sites for hydroxylation is 2. The molecule has 5 nitrogen and oxygen atoms in total. The minimum atomic E-state index is 0.0909. The highest BCUT2D eigenvalue weighted by Crippen LogP contribution is 2.37. The summed E-state index contributed by atoms with van der Waals surface area (Å²) in [6.45, 7) is 7.04. The van der Waals surface area contributed by atoms with E-state index < -0.39 is 0 Å². The van der Waals surface area contributed by atoms with Gasteiger partial charge in [-0.3, -0.25) is 4.79 Å². The number of anilines is 1. The number of hydrogen-bond donors (Lipinski definition) is 1. The number of nitrogen functional groups attached to an aromatic ring is 1. The molecular formula is C25H27N3O2S. The molecule has 1 heterocycles. The lowest BCUT2D eigenvalue weighted by molar-refractivity contribution is 0.0703. The Morgan fingerprint density at radius 1 is 0.903 bits per heavy atom. The van der Waals surface area contributed by atoms with E-state index in [2.05, 4.69) is 23.4 Å². The van der Waals surface area contributed by atoms with Crippen LogP contribution in [0.15, 0.2) is 71.6 Å². The maximum atomic E-state index is 12.7. The molecule has 0 radical (unpaired) electrons. The molecule has 4 rings (SSSR count). The molecule has 0 aromatic heterocycles. The molecule has 6 heteroatoms. The number of carbonyl (C=O) groups is 1. The van der Waals surface area contributed by atoms with Gasteiger partial charge in [0, 0.05) is 37.4 Å². The zero-order valence-corrected chi connectivity index (χ0v) is 18.7. The van der Waals surface area contributed by atoms with Crippen LogP contribution in [0.2, 0.25) is 0 Å². The molecule has 1 fully saturated rings. The summed E-state index contributed by atoms with van der Waals surface area (Å²) in [7, 11) is 0. The number of amides is 1. The molecule has 1 aliphatic rings. The monoisotopic (exact) mass is 433 g/mol. The highest BCUT2D eigenvalue weighted by molar-refractivity contribution is 7.97. The summed E-state index contributed by atoms with van der Waals surface area (Å²) in [5.41, 5.74) is 9.75. The molecule has 0 unspecified atom stereocenters. The topological polar surface area (TPSA) is 58.8 Å². The van der Waals surface area contributed by atoms with E-state index in [1.807, 2.05) is 66.4 Å². The van der Waals surface area contributed by atoms with Crippen LogP contribution in [0.1, 0.15) is 21.5 Å². The molecule has 0 bridgehead atoms. The van der Waals surface area contributed by atoms with E-state index in [0.29, 0.717) is 18.8 Å². The first-order valence-corrected chi connectivity index (χ1v) is 11.2. The molecule has 2 N–H and O–H groups in total. The summed E-state index contributed by atoms with van der Waals surface area (Å²) < 4.78 is 8.53. The van der Waals surface area contributed by atoms with Crippen molar-refractivity contribution in [3.8, 4) is 11.5 Å². The largest absolute Gasteiger partial charge is 0.456 e. The molecule has 160 valence electrons. The van der Waals surface area contributed by atoms with Crippen molar-refractivity contribution >= 4 is 23.5 Å². The molecule has 1 saturated heterocycles. The Morgan fingerprint density at radius 3 is 2.39 bits per heavy atom. The first-order chi connectivity index (χ1) is 15.0. The van der Waals surface area contributed by atoms with Crippen LogP contribution in [0.25, 0.3) is 0 Å². The molecule has 0 saturated carbocycles. The van der Waals surface area contributed by atoms with E-state index in [0.717, 1.165) is 46.2 Å². The van der Waals surface area contributed by atoms with Crippen LogP contribution in [0, 0.1) is 13.8 Å². The van der Waals surface area contributed by atoms with Crippen molar-refractivity contribution in [3.63, 3.8) is 0 Å². The van der Waals surface area contributed by atoms with E-state index in [4.69, 9.17) is 10.5 Å². The highest BCUT2D eigenvalue weighted by atomic mass is 32.2. The summed E-state index contributed by atoms with van der Waals surface area (Å²) in [6.07, 6.45) is 0. The fourth-order valence-electron chi connectivity index (χ4n) is 3.50. The quantitative estimate of drug-likeness (QED) is 0.446. The standard InChI is InChI=1S/C25H27N3O2S/c1-18-8-9-19(2)23(16-18)30-22-11-10-21(26)17-24(22)31-28-14-12-27(13-15-28)25(29)20-6-4-3-5-7-20/h3-11,16-17H,12-15,26H2,1-2H3. The SMILES string of the molecule is Cc1ccc(C)c(Oc2ccc(N)cc2SN2CCN(C(=O)c3ccccc3)CC2)c1. The van der Waals surface area contributed by atoms with Crippen molar-refractivity contribution in [1.29, 1.82) is 0 Å². The average molecular weight is 434 g/mol.